The lowest BCUT2D eigenvalue weighted by atomic mass is 10.1. The third-order valence-corrected chi connectivity index (χ3v) is 3.59. The van der Waals surface area contributed by atoms with Gasteiger partial charge in [-0.15, -0.1) is 6.42 Å². The minimum absolute atomic E-state index is 0.139. The number of nitrogens with one attached hydrogen (secondary N) is 1. The van der Waals surface area contributed by atoms with E-state index in [-0.39, 0.29) is 6.61 Å². The van der Waals surface area contributed by atoms with Crippen molar-refractivity contribution in [3.8, 4) is 29.9 Å². The second-order valence-electron chi connectivity index (χ2n) is 5.17. The highest BCUT2D eigenvalue weighted by molar-refractivity contribution is 5.91. The van der Waals surface area contributed by atoms with Gasteiger partial charge < -0.3 is 14.5 Å². The van der Waals surface area contributed by atoms with Gasteiger partial charge in [0.2, 0.25) is 0 Å². The summed E-state index contributed by atoms with van der Waals surface area (Å²) in [5.74, 6) is 4.15. The van der Waals surface area contributed by atoms with Gasteiger partial charge in [-0.05, 0) is 36.4 Å². The molecule has 0 saturated carbocycles. The Bertz CT molecular complexity index is 986. The van der Waals surface area contributed by atoms with Crippen LogP contribution in [0.3, 0.4) is 0 Å². The topological polar surface area (TPSA) is 70.9 Å². The van der Waals surface area contributed by atoms with Crippen LogP contribution in [0, 0.1) is 23.7 Å². The van der Waals surface area contributed by atoms with Gasteiger partial charge in [0.15, 0.2) is 0 Å². The maximum atomic E-state index is 9.58. The molecule has 0 radical (unpaired) electrons. The lowest BCUT2D eigenvalue weighted by molar-refractivity contribution is 0.367. The van der Waals surface area contributed by atoms with Gasteiger partial charge in [-0.3, -0.25) is 0 Å². The van der Waals surface area contributed by atoms with E-state index in [0.717, 1.165) is 11.0 Å². The Balaban J connectivity index is 2.07. The third-order valence-electron chi connectivity index (χ3n) is 3.59. The van der Waals surface area contributed by atoms with E-state index in [9.17, 15) is 5.26 Å². The van der Waals surface area contributed by atoms with Gasteiger partial charge in [-0.1, -0.05) is 18.1 Å². The highest BCUT2D eigenvalue weighted by Gasteiger charge is 2.10. The Kier molecular flexibility index (Phi) is 4.69. The molecule has 1 heterocycles. The lowest BCUT2D eigenvalue weighted by Crippen LogP contribution is -1.97. The molecule has 0 amide bonds. The predicted molar refractivity (Wildman–Crippen MR) is 96.9 cm³/mol. The molecule has 122 valence electrons. The maximum absolute atomic E-state index is 9.58. The lowest BCUT2D eigenvalue weighted by Gasteiger charge is -2.09. The number of methoxy groups -OCH3 is 1. The Labute approximate surface area is 145 Å². The summed E-state index contributed by atoms with van der Waals surface area (Å²) in [5.41, 5.74) is 2.74. The summed E-state index contributed by atoms with van der Waals surface area (Å²) in [6, 6.07) is 15.1. The molecule has 3 aromatic rings. The van der Waals surface area contributed by atoms with E-state index in [2.05, 4.69) is 22.0 Å². The third kappa shape index (κ3) is 3.46. The predicted octanol–water partition coefficient (Wildman–Crippen LogP) is 3.65. The van der Waals surface area contributed by atoms with Crippen LogP contribution in [0.2, 0.25) is 0 Å². The monoisotopic (exact) mass is 329 g/mol. The summed E-state index contributed by atoms with van der Waals surface area (Å²) in [7, 11) is 1.58. The number of fused-ring (bicyclic) bond motifs is 1. The van der Waals surface area contributed by atoms with Crippen molar-refractivity contribution < 1.29 is 9.47 Å². The highest BCUT2D eigenvalue weighted by atomic mass is 16.5. The van der Waals surface area contributed by atoms with Crippen molar-refractivity contribution in [1.29, 1.82) is 5.26 Å². The quantitative estimate of drug-likeness (QED) is 0.573. The number of aromatic amines is 1. The zero-order chi connectivity index (χ0) is 17.6. The van der Waals surface area contributed by atoms with E-state index in [1.165, 1.54) is 0 Å². The summed E-state index contributed by atoms with van der Waals surface area (Å²) >= 11 is 0. The van der Waals surface area contributed by atoms with Gasteiger partial charge >= 0.3 is 0 Å². The van der Waals surface area contributed by atoms with Crippen molar-refractivity contribution in [3.05, 3.63) is 53.9 Å². The molecular formula is C20H15N3O2. The molecule has 0 aliphatic heterocycles. The van der Waals surface area contributed by atoms with Crippen LogP contribution in [0.1, 0.15) is 11.4 Å². The van der Waals surface area contributed by atoms with E-state index in [4.69, 9.17) is 15.9 Å². The number of imidazole rings is 1. The molecule has 25 heavy (non-hydrogen) atoms. The molecule has 5 nitrogen and oxygen atoms in total. The molecule has 0 unspecified atom stereocenters. The fourth-order valence-corrected chi connectivity index (χ4v) is 2.41. The van der Waals surface area contributed by atoms with Gasteiger partial charge in [0.05, 0.1) is 23.7 Å². The molecule has 1 N–H and O–H groups in total. The number of rotatable bonds is 5. The van der Waals surface area contributed by atoms with E-state index in [1.54, 1.807) is 31.4 Å². The van der Waals surface area contributed by atoms with Crippen molar-refractivity contribution in [2.45, 2.75) is 0 Å². The van der Waals surface area contributed by atoms with E-state index >= 15 is 0 Å². The van der Waals surface area contributed by atoms with Crippen molar-refractivity contribution >= 4 is 22.7 Å². The fraction of sp³-hybridized carbons (Fsp3) is 0.100. The fourth-order valence-electron chi connectivity index (χ4n) is 2.41. The smallest absolute Gasteiger partial charge is 0.149 e. The number of aromatic nitrogens is 2. The van der Waals surface area contributed by atoms with Gasteiger partial charge in [0.1, 0.15) is 30.0 Å². The van der Waals surface area contributed by atoms with Crippen LogP contribution in [-0.2, 0) is 0 Å². The summed E-state index contributed by atoms with van der Waals surface area (Å²) in [4.78, 5) is 7.62. The second kappa shape index (κ2) is 7.25. The van der Waals surface area contributed by atoms with E-state index in [0.29, 0.717) is 28.5 Å². The molecule has 0 saturated heterocycles. The number of nitrogens with zero attached hydrogens (tertiary/aromatic N) is 2. The summed E-state index contributed by atoms with van der Waals surface area (Å²) < 4.78 is 10.8. The van der Waals surface area contributed by atoms with Crippen LogP contribution in [0.4, 0.5) is 0 Å². The number of H-pyrrole nitrogens is 1. The van der Waals surface area contributed by atoms with Crippen LogP contribution in [0.25, 0.3) is 22.7 Å². The number of hydrogen-bond donors (Lipinski definition) is 1. The van der Waals surface area contributed by atoms with Crippen molar-refractivity contribution in [3.63, 3.8) is 0 Å². The maximum Gasteiger partial charge on any atom is 0.149 e. The minimum atomic E-state index is 0.139. The average molecular weight is 329 g/mol. The van der Waals surface area contributed by atoms with Gasteiger partial charge in [0.25, 0.3) is 0 Å². The Morgan fingerprint density at radius 3 is 2.88 bits per heavy atom. The highest BCUT2D eigenvalue weighted by Crippen LogP contribution is 2.28. The molecule has 5 heteroatoms. The number of allylic oxidation sites excluding steroid dienone is 1. The number of nitriles is 1. The minimum Gasteiger partial charge on any atom is -0.497 e. The summed E-state index contributed by atoms with van der Waals surface area (Å²) in [6.07, 6.45) is 6.96. The summed E-state index contributed by atoms with van der Waals surface area (Å²) in [6.45, 7) is 0.139. The molecular weight excluding hydrogens is 314 g/mol. The molecule has 0 fully saturated rings. The number of terminal acetylenes is 1. The molecule has 1 aromatic heterocycles. The average Bonchev–Trinajstić information content (AvgIpc) is 3.08. The van der Waals surface area contributed by atoms with Crippen LogP contribution in [0.5, 0.6) is 11.5 Å². The zero-order valence-corrected chi connectivity index (χ0v) is 13.6. The molecule has 0 spiro atoms. The zero-order valence-electron chi connectivity index (χ0n) is 13.6. The molecule has 3 rings (SSSR count). The number of benzene rings is 2. The standard InChI is InChI=1S/C20H15N3O2/c1-3-10-25-19-9-8-16(24-2)12-14(19)11-15(13-21)20-22-17-6-4-5-7-18(17)23-20/h1,4-9,11-12H,10H2,2H3,(H,22,23). The summed E-state index contributed by atoms with van der Waals surface area (Å²) in [5, 5.41) is 9.58. The Morgan fingerprint density at radius 2 is 2.16 bits per heavy atom. The molecule has 2 aromatic carbocycles. The SMILES string of the molecule is C#CCOc1ccc(OC)cc1C=C(C#N)c1nc2ccccc2[nH]1. The Morgan fingerprint density at radius 1 is 1.32 bits per heavy atom. The first-order valence-corrected chi connectivity index (χ1v) is 7.56. The second-order valence-corrected chi connectivity index (χ2v) is 5.17. The normalized spacial score (nSPS) is 10.9. The van der Waals surface area contributed by atoms with Crippen molar-refractivity contribution in [1.82, 2.24) is 9.97 Å². The van der Waals surface area contributed by atoms with Gasteiger partial charge in [-0.25, -0.2) is 4.98 Å². The van der Waals surface area contributed by atoms with Crippen molar-refractivity contribution in [2.75, 3.05) is 13.7 Å². The molecule has 0 atom stereocenters. The largest absolute Gasteiger partial charge is 0.497 e. The van der Waals surface area contributed by atoms with Crippen molar-refractivity contribution in [2.24, 2.45) is 0 Å². The van der Waals surface area contributed by atoms with E-state index < -0.39 is 0 Å². The first kappa shape index (κ1) is 16.2. The first-order chi connectivity index (χ1) is 12.2. The molecule has 0 aliphatic carbocycles. The van der Waals surface area contributed by atoms with E-state index in [1.807, 2.05) is 24.3 Å². The van der Waals surface area contributed by atoms with Crippen LogP contribution in [0.15, 0.2) is 42.5 Å². The van der Waals surface area contributed by atoms with Crippen LogP contribution < -0.4 is 9.47 Å². The van der Waals surface area contributed by atoms with Gasteiger partial charge in [0, 0.05) is 5.56 Å². The first-order valence-electron chi connectivity index (χ1n) is 7.56. The molecule has 0 aliphatic rings. The van der Waals surface area contributed by atoms with Gasteiger partial charge in [-0.2, -0.15) is 5.26 Å². The number of para-hydroxylation sites is 2. The Hall–Kier alpha value is -3.70. The molecule has 0 bridgehead atoms. The number of ether oxygens (including phenoxy) is 2. The van der Waals surface area contributed by atoms with Crippen LogP contribution in [-0.4, -0.2) is 23.7 Å². The number of hydrogen-bond acceptors (Lipinski definition) is 4. The van der Waals surface area contributed by atoms with Crippen LogP contribution >= 0.6 is 0 Å².